The molecule has 1 aromatic heterocycles. The van der Waals surface area contributed by atoms with Crippen LogP contribution in [-0.2, 0) is 9.59 Å². The monoisotopic (exact) mass is 319 g/mol. The lowest BCUT2D eigenvalue weighted by Gasteiger charge is -2.35. The van der Waals surface area contributed by atoms with E-state index in [2.05, 4.69) is 15.5 Å². The molecule has 3 rings (SSSR count). The Bertz CT molecular complexity index is 625. The summed E-state index contributed by atoms with van der Waals surface area (Å²) >= 11 is 0. The third-order valence-corrected chi connectivity index (χ3v) is 4.44. The topological polar surface area (TPSA) is 98.4 Å². The van der Waals surface area contributed by atoms with Crippen LogP contribution in [0.4, 0.5) is 4.79 Å². The van der Waals surface area contributed by atoms with Gasteiger partial charge in [-0.15, -0.1) is 0 Å². The molecule has 0 aromatic carbocycles. The van der Waals surface area contributed by atoms with E-state index in [-0.39, 0.29) is 24.4 Å². The van der Waals surface area contributed by atoms with E-state index < -0.39 is 11.6 Å². The molecule has 124 valence electrons. The molecule has 1 aromatic rings. The van der Waals surface area contributed by atoms with E-state index in [0.29, 0.717) is 6.54 Å². The molecule has 0 bridgehead atoms. The molecular formula is C15H21N5O3. The first-order valence-electron chi connectivity index (χ1n) is 7.83. The zero-order valence-corrected chi connectivity index (χ0v) is 13.3. The Balaban J connectivity index is 1.74. The van der Waals surface area contributed by atoms with Gasteiger partial charge < -0.3 is 10.2 Å². The maximum Gasteiger partial charge on any atom is 0.325 e. The van der Waals surface area contributed by atoms with Gasteiger partial charge in [-0.05, 0) is 39.2 Å². The van der Waals surface area contributed by atoms with Crippen molar-refractivity contribution in [2.45, 2.75) is 44.7 Å². The van der Waals surface area contributed by atoms with Gasteiger partial charge in [0.05, 0.1) is 11.7 Å². The van der Waals surface area contributed by atoms with E-state index in [4.69, 9.17) is 0 Å². The number of carbonyl (C=O) groups excluding carboxylic acids is 3. The van der Waals surface area contributed by atoms with Gasteiger partial charge in [0, 0.05) is 12.7 Å². The van der Waals surface area contributed by atoms with Crippen LogP contribution in [0.25, 0.3) is 0 Å². The number of urea groups is 1. The number of H-pyrrole nitrogens is 1. The second-order valence-corrected chi connectivity index (χ2v) is 6.56. The van der Waals surface area contributed by atoms with Crippen molar-refractivity contribution in [3.8, 4) is 0 Å². The van der Waals surface area contributed by atoms with Crippen molar-refractivity contribution in [2.75, 3.05) is 13.1 Å². The highest BCUT2D eigenvalue weighted by molar-refractivity contribution is 6.08. The van der Waals surface area contributed by atoms with Crippen LogP contribution in [0.5, 0.6) is 0 Å². The van der Waals surface area contributed by atoms with Gasteiger partial charge in [-0.3, -0.25) is 19.6 Å². The van der Waals surface area contributed by atoms with Crippen molar-refractivity contribution in [3.63, 3.8) is 0 Å². The molecule has 0 radical (unpaired) electrons. The van der Waals surface area contributed by atoms with Gasteiger partial charge >= 0.3 is 6.03 Å². The molecule has 0 aliphatic carbocycles. The Labute approximate surface area is 134 Å². The van der Waals surface area contributed by atoms with Gasteiger partial charge in [-0.1, -0.05) is 0 Å². The number of amides is 4. The Morgan fingerprint density at radius 1 is 1.39 bits per heavy atom. The molecule has 2 N–H and O–H groups in total. The number of hydrogen-bond donors (Lipinski definition) is 2. The molecule has 2 saturated heterocycles. The summed E-state index contributed by atoms with van der Waals surface area (Å²) in [5.41, 5.74) is -0.0715. The minimum atomic E-state index is -0.956. The quantitative estimate of drug-likeness (QED) is 0.805. The molecule has 0 saturated carbocycles. The highest BCUT2D eigenvalue weighted by atomic mass is 16.2. The number of aromatic amines is 1. The van der Waals surface area contributed by atoms with Gasteiger partial charge in [-0.25, -0.2) is 4.79 Å². The fourth-order valence-electron chi connectivity index (χ4n) is 3.19. The number of rotatable bonds is 3. The van der Waals surface area contributed by atoms with E-state index in [0.717, 1.165) is 29.9 Å². The molecule has 4 amide bonds. The number of piperidine rings is 1. The molecule has 3 heterocycles. The highest BCUT2D eigenvalue weighted by Gasteiger charge is 2.45. The SMILES string of the molecule is CC1(C)NC(=O)N(CC(=O)N2CCCC[C@H]2c2ccn[nH]2)C1=O. The fourth-order valence-corrected chi connectivity index (χ4v) is 3.19. The third-order valence-electron chi connectivity index (χ3n) is 4.44. The number of nitrogens with zero attached hydrogens (tertiary/aromatic N) is 3. The van der Waals surface area contributed by atoms with Crippen LogP contribution < -0.4 is 5.32 Å². The Morgan fingerprint density at radius 3 is 2.78 bits per heavy atom. The molecule has 1 atom stereocenters. The number of carbonyl (C=O) groups is 3. The lowest BCUT2D eigenvalue weighted by Crippen LogP contribution is -2.47. The molecule has 2 fully saturated rings. The Hall–Kier alpha value is -2.38. The van der Waals surface area contributed by atoms with Crippen molar-refractivity contribution >= 4 is 17.8 Å². The van der Waals surface area contributed by atoms with E-state index in [1.807, 2.05) is 6.07 Å². The summed E-state index contributed by atoms with van der Waals surface area (Å²) in [5.74, 6) is -0.587. The van der Waals surface area contributed by atoms with Gasteiger partial charge in [0.2, 0.25) is 5.91 Å². The highest BCUT2D eigenvalue weighted by Crippen LogP contribution is 2.30. The number of hydrogen-bond acceptors (Lipinski definition) is 4. The predicted molar refractivity (Wildman–Crippen MR) is 81.2 cm³/mol. The minimum Gasteiger partial charge on any atom is -0.333 e. The van der Waals surface area contributed by atoms with Crippen LogP contribution in [0.3, 0.4) is 0 Å². The summed E-state index contributed by atoms with van der Waals surface area (Å²) in [6, 6.07) is 1.27. The average molecular weight is 319 g/mol. The summed E-state index contributed by atoms with van der Waals surface area (Å²) in [6.45, 7) is 3.66. The fraction of sp³-hybridized carbons (Fsp3) is 0.600. The van der Waals surface area contributed by atoms with Gasteiger partial charge in [0.25, 0.3) is 5.91 Å². The first-order chi connectivity index (χ1) is 10.9. The van der Waals surface area contributed by atoms with E-state index in [1.165, 1.54) is 0 Å². The van der Waals surface area contributed by atoms with Gasteiger partial charge in [0.1, 0.15) is 12.1 Å². The average Bonchev–Trinajstić information content (AvgIpc) is 3.10. The standard InChI is InChI=1S/C15H21N5O3/c1-15(2)13(22)20(14(23)17-15)9-12(21)19-8-4-3-5-11(19)10-6-7-16-18-10/h6-7,11H,3-5,8-9H2,1-2H3,(H,16,18)(H,17,23)/t11-/m0/s1. The summed E-state index contributed by atoms with van der Waals surface area (Å²) in [7, 11) is 0. The van der Waals surface area contributed by atoms with Crippen molar-refractivity contribution < 1.29 is 14.4 Å². The predicted octanol–water partition coefficient (Wildman–Crippen LogP) is 0.794. The van der Waals surface area contributed by atoms with E-state index in [9.17, 15) is 14.4 Å². The normalized spacial score (nSPS) is 24.0. The van der Waals surface area contributed by atoms with Crippen molar-refractivity contribution in [2.24, 2.45) is 0 Å². The van der Waals surface area contributed by atoms with Crippen LogP contribution >= 0.6 is 0 Å². The molecule has 8 heteroatoms. The molecular weight excluding hydrogens is 298 g/mol. The molecule has 0 unspecified atom stereocenters. The molecule has 0 spiro atoms. The van der Waals surface area contributed by atoms with Crippen LogP contribution in [-0.4, -0.2) is 56.5 Å². The smallest absolute Gasteiger partial charge is 0.325 e. The number of nitrogens with one attached hydrogen (secondary N) is 2. The largest absolute Gasteiger partial charge is 0.333 e. The number of imide groups is 1. The molecule has 2 aliphatic heterocycles. The first kappa shape index (κ1) is 15.5. The Morgan fingerprint density at radius 2 is 2.17 bits per heavy atom. The van der Waals surface area contributed by atoms with Crippen LogP contribution in [0.15, 0.2) is 12.3 Å². The lowest BCUT2D eigenvalue weighted by atomic mass is 9.99. The summed E-state index contributed by atoms with van der Waals surface area (Å²) in [5, 5.41) is 9.45. The summed E-state index contributed by atoms with van der Waals surface area (Å²) < 4.78 is 0. The van der Waals surface area contributed by atoms with Gasteiger partial charge in [-0.2, -0.15) is 5.10 Å². The van der Waals surface area contributed by atoms with Crippen molar-refractivity contribution in [3.05, 3.63) is 18.0 Å². The number of aromatic nitrogens is 2. The third kappa shape index (κ3) is 2.80. The van der Waals surface area contributed by atoms with E-state index >= 15 is 0 Å². The van der Waals surface area contributed by atoms with Crippen LogP contribution in [0.1, 0.15) is 44.8 Å². The maximum absolute atomic E-state index is 12.7. The molecule has 8 nitrogen and oxygen atoms in total. The molecule has 2 aliphatic rings. The van der Waals surface area contributed by atoms with Gasteiger partial charge in [0.15, 0.2) is 0 Å². The van der Waals surface area contributed by atoms with Crippen molar-refractivity contribution in [1.29, 1.82) is 0 Å². The van der Waals surface area contributed by atoms with Crippen LogP contribution in [0, 0.1) is 0 Å². The van der Waals surface area contributed by atoms with E-state index in [1.54, 1.807) is 24.9 Å². The zero-order chi connectivity index (χ0) is 16.6. The molecule has 23 heavy (non-hydrogen) atoms. The lowest BCUT2D eigenvalue weighted by molar-refractivity contribution is -0.141. The van der Waals surface area contributed by atoms with Crippen LogP contribution in [0.2, 0.25) is 0 Å². The summed E-state index contributed by atoms with van der Waals surface area (Å²) in [4.78, 5) is 39.6. The van der Waals surface area contributed by atoms with Crippen molar-refractivity contribution in [1.82, 2.24) is 25.3 Å². The second-order valence-electron chi connectivity index (χ2n) is 6.56. The first-order valence-corrected chi connectivity index (χ1v) is 7.83. The minimum absolute atomic E-state index is 0.0764. The maximum atomic E-state index is 12.7. The Kier molecular flexibility index (Phi) is 3.83. The summed E-state index contributed by atoms with van der Waals surface area (Å²) in [6.07, 6.45) is 4.46. The zero-order valence-electron chi connectivity index (χ0n) is 13.3. The second kappa shape index (κ2) is 5.68. The number of likely N-dealkylation sites (tertiary alicyclic amines) is 1.